The SMILES string of the molecule is O=C1CCCC(=O)N1CC1CCCN2CCCCC12. The average Bonchev–Trinajstić information content (AvgIpc) is 2.43. The molecule has 4 heteroatoms. The summed E-state index contributed by atoms with van der Waals surface area (Å²) in [6.07, 6.45) is 8.13. The fourth-order valence-corrected chi connectivity index (χ4v) is 4.03. The Morgan fingerprint density at radius 2 is 1.63 bits per heavy atom. The van der Waals surface area contributed by atoms with E-state index in [1.165, 1.54) is 45.2 Å². The molecule has 0 aliphatic carbocycles. The molecular weight excluding hydrogens is 240 g/mol. The lowest BCUT2D eigenvalue weighted by Gasteiger charge is -2.45. The van der Waals surface area contributed by atoms with Crippen molar-refractivity contribution in [3.05, 3.63) is 0 Å². The molecular formula is C15H24N2O2. The van der Waals surface area contributed by atoms with Crippen LogP contribution in [0.1, 0.15) is 51.4 Å². The van der Waals surface area contributed by atoms with Crippen molar-refractivity contribution in [2.24, 2.45) is 5.92 Å². The van der Waals surface area contributed by atoms with Gasteiger partial charge in [0.2, 0.25) is 11.8 Å². The molecule has 0 aromatic rings. The smallest absolute Gasteiger partial charge is 0.229 e. The van der Waals surface area contributed by atoms with Crippen LogP contribution in [0.3, 0.4) is 0 Å². The van der Waals surface area contributed by atoms with Crippen LogP contribution in [0.2, 0.25) is 0 Å². The molecule has 0 aromatic heterocycles. The van der Waals surface area contributed by atoms with Gasteiger partial charge in [-0.05, 0) is 51.1 Å². The quantitative estimate of drug-likeness (QED) is 0.714. The van der Waals surface area contributed by atoms with Crippen molar-refractivity contribution in [2.75, 3.05) is 19.6 Å². The summed E-state index contributed by atoms with van der Waals surface area (Å²) in [7, 11) is 0. The Morgan fingerprint density at radius 1 is 0.895 bits per heavy atom. The summed E-state index contributed by atoms with van der Waals surface area (Å²) in [5.41, 5.74) is 0. The van der Waals surface area contributed by atoms with Gasteiger partial charge >= 0.3 is 0 Å². The van der Waals surface area contributed by atoms with Crippen molar-refractivity contribution in [3.63, 3.8) is 0 Å². The van der Waals surface area contributed by atoms with Gasteiger partial charge in [0.15, 0.2) is 0 Å². The number of fused-ring (bicyclic) bond motifs is 1. The fraction of sp³-hybridized carbons (Fsp3) is 0.867. The zero-order valence-corrected chi connectivity index (χ0v) is 11.6. The third-order valence-corrected chi connectivity index (χ3v) is 5.03. The first kappa shape index (κ1) is 13.1. The van der Waals surface area contributed by atoms with E-state index in [1.54, 1.807) is 4.90 Å². The molecule has 3 rings (SSSR count). The molecule has 106 valence electrons. The third-order valence-electron chi connectivity index (χ3n) is 5.03. The van der Waals surface area contributed by atoms with E-state index in [9.17, 15) is 9.59 Å². The summed E-state index contributed by atoms with van der Waals surface area (Å²) in [6.45, 7) is 3.10. The standard InChI is InChI=1S/C15H24N2O2/c18-14-7-3-8-15(19)17(14)11-12-5-4-10-16-9-2-1-6-13(12)16/h12-13H,1-11H2. The van der Waals surface area contributed by atoms with Gasteiger partial charge in [-0.15, -0.1) is 0 Å². The summed E-state index contributed by atoms with van der Waals surface area (Å²) in [5, 5.41) is 0. The van der Waals surface area contributed by atoms with Crippen LogP contribution in [0.5, 0.6) is 0 Å². The number of amides is 2. The molecule has 3 fully saturated rings. The van der Waals surface area contributed by atoms with Crippen LogP contribution < -0.4 is 0 Å². The number of hydrogen-bond donors (Lipinski definition) is 0. The summed E-state index contributed by atoms with van der Waals surface area (Å²) in [4.78, 5) is 28.0. The topological polar surface area (TPSA) is 40.6 Å². The molecule has 3 saturated heterocycles. The molecule has 0 spiro atoms. The van der Waals surface area contributed by atoms with Crippen LogP contribution in [0.4, 0.5) is 0 Å². The van der Waals surface area contributed by atoms with Crippen LogP contribution in [0.25, 0.3) is 0 Å². The van der Waals surface area contributed by atoms with Gasteiger partial charge in [0.05, 0.1) is 0 Å². The summed E-state index contributed by atoms with van der Waals surface area (Å²) in [5.74, 6) is 0.633. The normalized spacial score (nSPS) is 33.4. The minimum atomic E-state index is 0.0594. The van der Waals surface area contributed by atoms with Crippen molar-refractivity contribution < 1.29 is 9.59 Å². The van der Waals surface area contributed by atoms with E-state index < -0.39 is 0 Å². The summed E-state index contributed by atoms with van der Waals surface area (Å²) in [6, 6.07) is 0.616. The Balaban J connectivity index is 1.67. The highest BCUT2D eigenvalue weighted by molar-refractivity contribution is 5.97. The number of imide groups is 1. The minimum absolute atomic E-state index is 0.0594. The molecule has 19 heavy (non-hydrogen) atoms. The Kier molecular flexibility index (Phi) is 3.87. The van der Waals surface area contributed by atoms with E-state index in [-0.39, 0.29) is 11.8 Å². The van der Waals surface area contributed by atoms with Crippen molar-refractivity contribution in [1.82, 2.24) is 9.80 Å². The van der Waals surface area contributed by atoms with Gasteiger partial charge in [-0.3, -0.25) is 14.5 Å². The number of hydrogen-bond acceptors (Lipinski definition) is 3. The highest BCUT2D eigenvalue weighted by Gasteiger charge is 2.36. The summed E-state index contributed by atoms with van der Waals surface area (Å²) >= 11 is 0. The third kappa shape index (κ3) is 2.69. The minimum Gasteiger partial charge on any atom is -0.300 e. The maximum Gasteiger partial charge on any atom is 0.229 e. The molecule has 2 amide bonds. The monoisotopic (exact) mass is 264 g/mol. The maximum atomic E-state index is 11.9. The van der Waals surface area contributed by atoms with Crippen molar-refractivity contribution >= 4 is 11.8 Å². The number of piperidine rings is 3. The zero-order chi connectivity index (χ0) is 13.2. The molecule has 2 unspecified atom stereocenters. The first-order valence-corrected chi connectivity index (χ1v) is 7.83. The van der Waals surface area contributed by atoms with Crippen LogP contribution in [-0.2, 0) is 9.59 Å². The highest BCUT2D eigenvalue weighted by atomic mass is 16.2. The second kappa shape index (κ2) is 5.61. The lowest BCUT2D eigenvalue weighted by atomic mass is 9.83. The van der Waals surface area contributed by atoms with Crippen LogP contribution in [-0.4, -0.2) is 47.3 Å². The van der Waals surface area contributed by atoms with E-state index in [4.69, 9.17) is 0 Å². The lowest BCUT2D eigenvalue weighted by Crippen LogP contribution is -2.53. The first-order chi connectivity index (χ1) is 9.25. The highest BCUT2D eigenvalue weighted by Crippen LogP contribution is 2.32. The molecule has 3 aliphatic heterocycles. The second-order valence-corrected chi connectivity index (χ2v) is 6.25. The Morgan fingerprint density at radius 3 is 2.42 bits per heavy atom. The largest absolute Gasteiger partial charge is 0.300 e. The molecule has 2 atom stereocenters. The second-order valence-electron chi connectivity index (χ2n) is 6.25. The van der Waals surface area contributed by atoms with Gasteiger partial charge in [0.1, 0.15) is 0 Å². The summed E-state index contributed by atoms with van der Waals surface area (Å²) < 4.78 is 0. The van der Waals surface area contributed by atoms with Crippen molar-refractivity contribution in [3.8, 4) is 0 Å². The molecule has 0 N–H and O–H groups in total. The van der Waals surface area contributed by atoms with E-state index in [2.05, 4.69) is 4.90 Å². The van der Waals surface area contributed by atoms with Crippen molar-refractivity contribution in [2.45, 2.75) is 57.4 Å². The Hall–Kier alpha value is -0.900. The Bertz CT molecular complexity index is 351. The first-order valence-electron chi connectivity index (χ1n) is 7.83. The zero-order valence-electron chi connectivity index (χ0n) is 11.6. The van der Waals surface area contributed by atoms with Crippen molar-refractivity contribution in [1.29, 1.82) is 0 Å². The molecule has 3 aliphatic rings. The number of rotatable bonds is 2. The lowest BCUT2D eigenvalue weighted by molar-refractivity contribution is -0.149. The van der Waals surface area contributed by atoms with E-state index in [0.29, 0.717) is 31.3 Å². The van der Waals surface area contributed by atoms with E-state index in [0.717, 1.165) is 6.42 Å². The van der Waals surface area contributed by atoms with Crippen LogP contribution in [0, 0.1) is 5.92 Å². The van der Waals surface area contributed by atoms with Gasteiger partial charge in [-0.2, -0.15) is 0 Å². The van der Waals surface area contributed by atoms with Gasteiger partial charge in [-0.1, -0.05) is 6.42 Å². The van der Waals surface area contributed by atoms with Crippen LogP contribution in [0.15, 0.2) is 0 Å². The molecule has 0 aromatic carbocycles. The molecule has 0 saturated carbocycles. The van der Waals surface area contributed by atoms with Gasteiger partial charge in [-0.25, -0.2) is 0 Å². The molecule has 0 radical (unpaired) electrons. The Labute approximate surface area is 115 Å². The predicted molar refractivity (Wildman–Crippen MR) is 72.5 cm³/mol. The molecule has 0 bridgehead atoms. The van der Waals surface area contributed by atoms with Gasteiger partial charge in [0.25, 0.3) is 0 Å². The van der Waals surface area contributed by atoms with E-state index >= 15 is 0 Å². The van der Waals surface area contributed by atoms with Gasteiger partial charge in [0, 0.05) is 25.4 Å². The molecule has 4 nitrogen and oxygen atoms in total. The molecule has 3 heterocycles. The number of likely N-dealkylation sites (tertiary alicyclic amines) is 1. The van der Waals surface area contributed by atoms with E-state index in [1.807, 2.05) is 0 Å². The predicted octanol–water partition coefficient (Wildman–Crippen LogP) is 1.79. The van der Waals surface area contributed by atoms with Gasteiger partial charge < -0.3 is 4.90 Å². The number of carbonyl (C=O) groups excluding carboxylic acids is 2. The number of carbonyl (C=O) groups is 2. The number of nitrogens with zero attached hydrogens (tertiary/aromatic N) is 2. The van der Waals surface area contributed by atoms with Crippen LogP contribution >= 0.6 is 0 Å². The average molecular weight is 264 g/mol. The maximum absolute atomic E-state index is 11.9. The fourth-order valence-electron chi connectivity index (χ4n) is 4.03.